The van der Waals surface area contributed by atoms with Gasteiger partial charge in [-0.25, -0.2) is 0 Å². The Bertz CT molecular complexity index is 405. The number of methoxy groups -OCH3 is 2. The highest BCUT2D eigenvalue weighted by Gasteiger charge is 2.12. The highest BCUT2D eigenvalue weighted by atomic mass is 16.5. The Kier molecular flexibility index (Phi) is 6.82. The van der Waals surface area contributed by atoms with Gasteiger partial charge in [-0.1, -0.05) is 13.0 Å². The van der Waals surface area contributed by atoms with Gasteiger partial charge >= 0.3 is 0 Å². The minimum atomic E-state index is 0.213. The van der Waals surface area contributed by atoms with Gasteiger partial charge in [0.05, 0.1) is 14.2 Å². The largest absolute Gasteiger partial charge is 0.493 e. The van der Waals surface area contributed by atoms with Crippen molar-refractivity contribution in [2.24, 2.45) is 0 Å². The Balaban J connectivity index is 2.35. The fraction of sp³-hybridized carbons (Fsp3) is 0.625. The summed E-state index contributed by atoms with van der Waals surface area (Å²) in [6.45, 7) is 9.38. The van der Waals surface area contributed by atoms with Crippen LogP contribution in [0.4, 0.5) is 0 Å². The molecule has 0 bridgehead atoms. The van der Waals surface area contributed by atoms with Crippen molar-refractivity contribution in [1.82, 2.24) is 10.6 Å². The molecule has 0 radical (unpaired) electrons. The van der Waals surface area contributed by atoms with Crippen molar-refractivity contribution in [3.8, 4) is 11.5 Å². The van der Waals surface area contributed by atoms with E-state index in [4.69, 9.17) is 9.47 Å². The fourth-order valence-electron chi connectivity index (χ4n) is 1.84. The molecule has 0 aromatic heterocycles. The minimum absolute atomic E-state index is 0.213. The summed E-state index contributed by atoms with van der Waals surface area (Å²) in [5.41, 5.74) is 1.41. The maximum absolute atomic E-state index is 5.30. The lowest BCUT2D eigenvalue weighted by Gasteiger charge is -2.24. The van der Waals surface area contributed by atoms with Crippen LogP contribution in [0.5, 0.6) is 11.5 Å². The average molecular weight is 280 g/mol. The first-order valence-electron chi connectivity index (χ1n) is 7.19. The predicted octanol–water partition coefficient (Wildman–Crippen LogP) is 2.57. The van der Waals surface area contributed by atoms with E-state index < -0.39 is 0 Å². The molecule has 20 heavy (non-hydrogen) atoms. The first-order chi connectivity index (χ1) is 9.52. The van der Waals surface area contributed by atoms with Crippen LogP contribution in [-0.2, 0) is 6.54 Å². The van der Waals surface area contributed by atoms with Gasteiger partial charge in [0.2, 0.25) is 0 Å². The van der Waals surface area contributed by atoms with E-state index >= 15 is 0 Å². The lowest BCUT2D eigenvalue weighted by Crippen LogP contribution is -2.42. The van der Waals surface area contributed by atoms with E-state index in [9.17, 15) is 0 Å². The average Bonchev–Trinajstić information content (AvgIpc) is 2.46. The van der Waals surface area contributed by atoms with E-state index in [0.29, 0.717) is 0 Å². The maximum Gasteiger partial charge on any atom is 0.161 e. The van der Waals surface area contributed by atoms with E-state index in [0.717, 1.165) is 37.6 Å². The molecule has 4 heteroatoms. The highest BCUT2D eigenvalue weighted by molar-refractivity contribution is 5.42. The molecule has 0 aliphatic rings. The first-order valence-corrected chi connectivity index (χ1v) is 7.19. The highest BCUT2D eigenvalue weighted by Crippen LogP contribution is 2.27. The first kappa shape index (κ1) is 16.8. The quantitative estimate of drug-likeness (QED) is 0.682. The summed E-state index contributed by atoms with van der Waals surface area (Å²) in [5, 5.41) is 6.96. The summed E-state index contributed by atoms with van der Waals surface area (Å²) in [5.74, 6) is 1.54. The van der Waals surface area contributed by atoms with Gasteiger partial charge in [0.1, 0.15) is 0 Å². The third-order valence-electron chi connectivity index (χ3n) is 3.57. The van der Waals surface area contributed by atoms with Crippen LogP contribution < -0.4 is 20.1 Å². The fourth-order valence-corrected chi connectivity index (χ4v) is 1.84. The molecular formula is C16H28N2O2. The van der Waals surface area contributed by atoms with Gasteiger partial charge in [0.15, 0.2) is 11.5 Å². The van der Waals surface area contributed by atoms with E-state index in [1.807, 2.05) is 12.1 Å². The number of nitrogens with one attached hydrogen (secondary N) is 2. The second-order valence-corrected chi connectivity index (χ2v) is 5.53. The predicted molar refractivity (Wildman–Crippen MR) is 83.6 cm³/mol. The molecule has 2 N–H and O–H groups in total. The molecule has 0 spiro atoms. The molecular weight excluding hydrogens is 252 g/mol. The van der Waals surface area contributed by atoms with E-state index in [2.05, 4.69) is 37.5 Å². The summed E-state index contributed by atoms with van der Waals surface area (Å²) in [6.07, 6.45) is 1.13. The van der Waals surface area contributed by atoms with Crippen LogP contribution in [0.2, 0.25) is 0 Å². The molecule has 0 fully saturated rings. The van der Waals surface area contributed by atoms with Crippen LogP contribution >= 0.6 is 0 Å². The third-order valence-corrected chi connectivity index (χ3v) is 3.57. The molecule has 0 heterocycles. The lowest BCUT2D eigenvalue weighted by molar-refractivity contribution is 0.354. The van der Waals surface area contributed by atoms with Gasteiger partial charge in [0.25, 0.3) is 0 Å². The van der Waals surface area contributed by atoms with Gasteiger partial charge in [0, 0.05) is 25.2 Å². The zero-order valence-electron chi connectivity index (χ0n) is 13.4. The Hall–Kier alpha value is -1.26. The molecule has 0 aliphatic carbocycles. The van der Waals surface area contributed by atoms with E-state index in [-0.39, 0.29) is 5.54 Å². The monoisotopic (exact) mass is 280 g/mol. The second-order valence-electron chi connectivity index (χ2n) is 5.53. The van der Waals surface area contributed by atoms with Crippen molar-refractivity contribution in [3.05, 3.63) is 23.8 Å². The molecule has 114 valence electrons. The van der Waals surface area contributed by atoms with Crippen molar-refractivity contribution in [2.45, 2.75) is 39.3 Å². The zero-order chi connectivity index (χ0) is 15.0. The van der Waals surface area contributed by atoms with Crippen molar-refractivity contribution < 1.29 is 9.47 Å². The van der Waals surface area contributed by atoms with E-state index in [1.165, 1.54) is 5.56 Å². The molecule has 0 unspecified atom stereocenters. The summed E-state index contributed by atoms with van der Waals surface area (Å²) in [7, 11) is 3.31. The Labute approximate surface area is 122 Å². The molecule has 1 aromatic rings. The van der Waals surface area contributed by atoms with Crippen LogP contribution in [0.3, 0.4) is 0 Å². The van der Waals surface area contributed by atoms with Gasteiger partial charge in [-0.2, -0.15) is 0 Å². The summed E-state index contributed by atoms with van der Waals surface area (Å²) in [4.78, 5) is 0. The smallest absolute Gasteiger partial charge is 0.161 e. The second kappa shape index (κ2) is 8.12. The molecule has 1 rings (SSSR count). The summed E-state index contributed by atoms with van der Waals surface area (Å²) < 4.78 is 10.5. The summed E-state index contributed by atoms with van der Waals surface area (Å²) in [6, 6.07) is 6.00. The van der Waals surface area contributed by atoms with Gasteiger partial charge in [-0.3, -0.25) is 0 Å². The SMILES string of the molecule is CCC(C)(C)NCCNCc1ccc(OC)c(OC)c1. The molecule has 4 nitrogen and oxygen atoms in total. The van der Waals surface area contributed by atoms with Crippen LogP contribution in [0, 0.1) is 0 Å². The normalized spacial score (nSPS) is 11.4. The van der Waals surface area contributed by atoms with Crippen LogP contribution in [0.15, 0.2) is 18.2 Å². The number of hydrogen-bond donors (Lipinski definition) is 2. The number of benzene rings is 1. The van der Waals surface area contributed by atoms with Crippen LogP contribution in [0.25, 0.3) is 0 Å². The molecule has 1 aromatic carbocycles. The van der Waals surface area contributed by atoms with Crippen LogP contribution in [-0.4, -0.2) is 32.8 Å². The van der Waals surface area contributed by atoms with Gasteiger partial charge in [-0.15, -0.1) is 0 Å². The molecule has 0 amide bonds. The topological polar surface area (TPSA) is 42.5 Å². The van der Waals surface area contributed by atoms with Gasteiger partial charge < -0.3 is 20.1 Å². The minimum Gasteiger partial charge on any atom is -0.493 e. The van der Waals surface area contributed by atoms with Gasteiger partial charge in [-0.05, 0) is 38.0 Å². The van der Waals surface area contributed by atoms with Crippen molar-refractivity contribution >= 4 is 0 Å². The lowest BCUT2D eigenvalue weighted by atomic mass is 10.0. The maximum atomic E-state index is 5.30. The standard InChI is InChI=1S/C16H28N2O2/c1-6-16(2,3)18-10-9-17-12-13-7-8-14(19-4)15(11-13)20-5/h7-8,11,17-18H,6,9-10,12H2,1-5H3. The Morgan fingerprint density at radius 1 is 1.05 bits per heavy atom. The summed E-state index contributed by atoms with van der Waals surface area (Å²) >= 11 is 0. The van der Waals surface area contributed by atoms with E-state index in [1.54, 1.807) is 14.2 Å². The van der Waals surface area contributed by atoms with Crippen molar-refractivity contribution in [3.63, 3.8) is 0 Å². The number of hydrogen-bond acceptors (Lipinski definition) is 4. The Morgan fingerprint density at radius 3 is 2.35 bits per heavy atom. The molecule has 0 saturated carbocycles. The molecule has 0 saturated heterocycles. The number of ether oxygens (including phenoxy) is 2. The number of rotatable bonds is 9. The molecule has 0 aliphatic heterocycles. The van der Waals surface area contributed by atoms with Crippen molar-refractivity contribution in [1.29, 1.82) is 0 Å². The third kappa shape index (κ3) is 5.39. The zero-order valence-corrected chi connectivity index (χ0v) is 13.4. The molecule has 0 atom stereocenters. The van der Waals surface area contributed by atoms with Crippen LogP contribution in [0.1, 0.15) is 32.8 Å². The van der Waals surface area contributed by atoms with Crippen molar-refractivity contribution in [2.75, 3.05) is 27.3 Å². The Morgan fingerprint density at radius 2 is 1.75 bits per heavy atom.